The van der Waals surface area contributed by atoms with E-state index in [4.69, 9.17) is 4.74 Å². The molecule has 0 bridgehead atoms. The van der Waals surface area contributed by atoms with Crippen LogP contribution in [0.2, 0.25) is 0 Å². The molecule has 0 heterocycles. The summed E-state index contributed by atoms with van der Waals surface area (Å²) in [4.78, 5) is 11.7. The zero-order valence-corrected chi connectivity index (χ0v) is 11.8. The number of phenols is 1. The third-order valence-corrected chi connectivity index (χ3v) is 3.01. The first-order valence-electron chi connectivity index (χ1n) is 6.41. The molecular weight excluding hydrogens is 273 g/mol. The summed E-state index contributed by atoms with van der Waals surface area (Å²) in [5.74, 6) is -1.09. The maximum atomic E-state index is 13.2. The molecule has 0 amide bonds. The number of phenolic OH excluding ortho intramolecular Hbond substituents is 1. The summed E-state index contributed by atoms with van der Waals surface area (Å²) >= 11 is 0. The average molecular weight is 289 g/mol. The van der Waals surface area contributed by atoms with Crippen LogP contribution in [-0.2, 0) is 11.3 Å². The Morgan fingerprint density at radius 3 is 2.71 bits per heavy atom. The molecule has 0 fully saturated rings. The summed E-state index contributed by atoms with van der Waals surface area (Å²) in [6.45, 7) is 2.15. The van der Waals surface area contributed by atoms with Crippen molar-refractivity contribution >= 4 is 11.7 Å². The molecule has 2 aromatic rings. The highest BCUT2D eigenvalue weighted by Gasteiger charge is 2.12. The van der Waals surface area contributed by atoms with Gasteiger partial charge in [-0.2, -0.15) is 0 Å². The maximum absolute atomic E-state index is 13.2. The highest BCUT2D eigenvalue weighted by atomic mass is 19.1. The molecular formula is C16H16FNO3. The number of halogens is 1. The van der Waals surface area contributed by atoms with Crippen molar-refractivity contribution in [2.75, 3.05) is 12.4 Å². The molecule has 0 saturated carbocycles. The molecule has 0 saturated heterocycles. The number of esters is 1. The zero-order chi connectivity index (χ0) is 15.4. The highest BCUT2D eigenvalue weighted by molar-refractivity contribution is 5.95. The summed E-state index contributed by atoms with van der Waals surface area (Å²) in [6.07, 6.45) is 0. The standard InChI is InChI=1S/C16H16FNO3/c1-10-3-4-15(14(5-10)16(20)21-2)18-9-11-6-12(17)8-13(19)7-11/h3-8,18-19H,9H2,1-2H3. The number of anilines is 1. The summed E-state index contributed by atoms with van der Waals surface area (Å²) in [6, 6.07) is 9.16. The van der Waals surface area contributed by atoms with E-state index in [0.29, 0.717) is 16.8 Å². The van der Waals surface area contributed by atoms with Gasteiger partial charge in [-0.05, 0) is 36.8 Å². The Labute approximate surface area is 122 Å². The lowest BCUT2D eigenvalue weighted by Gasteiger charge is -2.12. The third kappa shape index (κ3) is 3.72. The quantitative estimate of drug-likeness (QED) is 0.848. The summed E-state index contributed by atoms with van der Waals surface area (Å²) < 4.78 is 18.0. The second kappa shape index (κ2) is 6.26. The Balaban J connectivity index is 2.21. The highest BCUT2D eigenvalue weighted by Crippen LogP contribution is 2.21. The van der Waals surface area contributed by atoms with Crippen LogP contribution in [0.4, 0.5) is 10.1 Å². The second-order valence-electron chi connectivity index (χ2n) is 4.71. The van der Waals surface area contributed by atoms with Gasteiger partial charge in [-0.15, -0.1) is 0 Å². The molecule has 0 radical (unpaired) electrons. The van der Waals surface area contributed by atoms with Crippen LogP contribution < -0.4 is 5.32 Å². The van der Waals surface area contributed by atoms with E-state index >= 15 is 0 Å². The van der Waals surface area contributed by atoms with Crippen molar-refractivity contribution in [1.29, 1.82) is 0 Å². The molecule has 21 heavy (non-hydrogen) atoms. The Kier molecular flexibility index (Phi) is 4.42. The van der Waals surface area contributed by atoms with Crippen molar-refractivity contribution in [2.45, 2.75) is 13.5 Å². The number of rotatable bonds is 4. The van der Waals surface area contributed by atoms with Crippen molar-refractivity contribution in [3.05, 3.63) is 58.9 Å². The van der Waals surface area contributed by atoms with Gasteiger partial charge in [-0.25, -0.2) is 9.18 Å². The average Bonchev–Trinajstić information content (AvgIpc) is 2.44. The minimum absolute atomic E-state index is 0.135. The SMILES string of the molecule is COC(=O)c1cc(C)ccc1NCc1cc(O)cc(F)c1. The van der Waals surface area contributed by atoms with Crippen molar-refractivity contribution in [3.63, 3.8) is 0 Å². The minimum atomic E-state index is -0.510. The second-order valence-corrected chi connectivity index (χ2v) is 4.71. The van der Waals surface area contributed by atoms with Crippen LogP contribution >= 0.6 is 0 Å². The van der Waals surface area contributed by atoms with Gasteiger partial charge in [0.15, 0.2) is 0 Å². The molecule has 0 spiro atoms. The summed E-state index contributed by atoms with van der Waals surface area (Å²) in [7, 11) is 1.32. The molecule has 4 nitrogen and oxygen atoms in total. The first kappa shape index (κ1) is 14.8. The predicted molar refractivity (Wildman–Crippen MR) is 77.9 cm³/mol. The van der Waals surface area contributed by atoms with Gasteiger partial charge in [0.25, 0.3) is 0 Å². The molecule has 0 aromatic heterocycles. The van der Waals surface area contributed by atoms with E-state index in [1.807, 2.05) is 13.0 Å². The van der Waals surface area contributed by atoms with E-state index in [1.54, 1.807) is 12.1 Å². The van der Waals surface area contributed by atoms with E-state index < -0.39 is 11.8 Å². The smallest absolute Gasteiger partial charge is 0.339 e. The largest absolute Gasteiger partial charge is 0.508 e. The molecule has 0 unspecified atom stereocenters. The van der Waals surface area contributed by atoms with Gasteiger partial charge in [0, 0.05) is 18.3 Å². The van der Waals surface area contributed by atoms with Crippen molar-refractivity contribution in [2.24, 2.45) is 0 Å². The number of carbonyl (C=O) groups excluding carboxylic acids is 1. The molecule has 0 aliphatic rings. The van der Waals surface area contributed by atoms with Crippen molar-refractivity contribution in [1.82, 2.24) is 0 Å². The molecule has 0 aliphatic heterocycles. The minimum Gasteiger partial charge on any atom is -0.508 e. The van der Waals surface area contributed by atoms with E-state index in [0.717, 1.165) is 11.6 Å². The van der Waals surface area contributed by atoms with Gasteiger partial charge in [-0.3, -0.25) is 0 Å². The number of ether oxygens (including phenoxy) is 1. The molecule has 110 valence electrons. The lowest BCUT2D eigenvalue weighted by atomic mass is 10.1. The molecule has 2 aromatic carbocycles. The number of aromatic hydroxyl groups is 1. The van der Waals surface area contributed by atoms with Crippen molar-refractivity contribution in [3.8, 4) is 5.75 Å². The van der Waals surface area contributed by atoms with Gasteiger partial charge in [0.05, 0.1) is 12.7 Å². The Bertz CT molecular complexity index is 650. The van der Waals surface area contributed by atoms with Crippen LogP contribution in [0.15, 0.2) is 36.4 Å². The van der Waals surface area contributed by atoms with Crippen LogP contribution in [0.1, 0.15) is 21.5 Å². The number of hydrogen-bond donors (Lipinski definition) is 2. The molecule has 5 heteroatoms. The fourth-order valence-electron chi connectivity index (χ4n) is 2.02. The van der Waals surface area contributed by atoms with E-state index in [-0.39, 0.29) is 12.3 Å². The van der Waals surface area contributed by atoms with Gasteiger partial charge < -0.3 is 15.2 Å². The van der Waals surface area contributed by atoms with Crippen molar-refractivity contribution < 1.29 is 19.0 Å². The monoisotopic (exact) mass is 289 g/mol. The number of benzene rings is 2. The molecule has 0 aliphatic carbocycles. The number of hydrogen-bond acceptors (Lipinski definition) is 4. The van der Waals surface area contributed by atoms with Crippen LogP contribution in [-0.4, -0.2) is 18.2 Å². The van der Waals surface area contributed by atoms with Crippen LogP contribution in [0.3, 0.4) is 0 Å². The normalized spacial score (nSPS) is 10.2. The topological polar surface area (TPSA) is 58.6 Å². The number of aryl methyl sites for hydroxylation is 1. The fraction of sp³-hybridized carbons (Fsp3) is 0.188. The third-order valence-electron chi connectivity index (χ3n) is 3.01. The number of methoxy groups -OCH3 is 1. The lowest BCUT2D eigenvalue weighted by Crippen LogP contribution is -2.08. The van der Waals surface area contributed by atoms with Crippen LogP contribution in [0.5, 0.6) is 5.75 Å². The van der Waals surface area contributed by atoms with Gasteiger partial charge >= 0.3 is 5.97 Å². The summed E-state index contributed by atoms with van der Waals surface area (Å²) in [5, 5.41) is 12.4. The summed E-state index contributed by atoms with van der Waals surface area (Å²) in [5.41, 5.74) is 2.52. The first-order chi connectivity index (χ1) is 9.99. The number of carbonyl (C=O) groups is 1. The Morgan fingerprint density at radius 1 is 1.29 bits per heavy atom. The van der Waals surface area contributed by atoms with E-state index in [1.165, 1.54) is 19.2 Å². The molecule has 0 atom stereocenters. The predicted octanol–water partition coefficient (Wildman–Crippen LogP) is 3.24. The van der Waals surface area contributed by atoms with Crippen LogP contribution in [0.25, 0.3) is 0 Å². The van der Waals surface area contributed by atoms with Gasteiger partial charge in [0.2, 0.25) is 0 Å². The Morgan fingerprint density at radius 2 is 2.05 bits per heavy atom. The zero-order valence-electron chi connectivity index (χ0n) is 11.8. The van der Waals surface area contributed by atoms with E-state index in [9.17, 15) is 14.3 Å². The number of nitrogens with one attached hydrogen (secondary N) is 1. The fourth-order valence-corrected chi connectivity index (χ4v) is 2.02. The maximum Gasteiger partial charge on any atom is 0.339 e. The molecule has 2 rings (SSSR count). The van der Waals surface area contributed by atoms with Gasteiger partial charge in [-0.1, -0.05) is 11.6 Å². The molecule has 2 N–H and O–H groups in total. The van der Waals surface area contributed by atoms with Gasteiger partial charge in [0.1, 0.15) is 11.6 Å². The lowest BCUT2D eigenvalue weighted by molar-refractivity contribution is 0.0601. The first-order valence-corrected chi connectivity index (χ1v) is 6.41. The van der Waals surface area contributed by atoms with E-state index in [2.05, 4.69) is 5.32 Å². The van der Waals surface area contributed by atoms with Crippen LogP contribution in [0, 0.1) is 12.7 Å². The Hall–Kier alpha value is -2.56.